The average Bonchev–Trinajstić information content (AvgIpc) is 3.06. The number of halogens is 1. The monoisotopic (exact) mass is 342 g/mol. The quantitative estimate of drug-likeness (QED) is 0.860. The Hall–Kier alpha value is -2.21. The Morgan fingerprint density at radius 3 is 2.76 bits per heavy atom. The number of aryl methyl sites for hydroxylation is 1. The summed E-state index contributed by atoms with van der Waals surface area (Å²) in [5.41, 5.74) is 2.85. The maximum absolute atomic E-state index is 13.3. The van der Waals surface area contributed by atoms with Crippen LogP contribution in [0.3, 0.4) is 0 Å². The number of amides is 1. The van der Waals surface area contributed by atoms with E-state index in [-0.39, 0.29) is 11.7 Å². The van der Waals surface area contributed by atoms with Gasteiger partial charge in [-0.1, -0.05) is 12.1 Å². The molecule has 2 aliphatic rings. The Kier molecular flexibility index (Phi) is 4.53. The number of nitrogens with zero attached hydrogens (tertiary/aromatic N) is 4. The van der Waals surface area contributed by atoms with E-state index in [2.05, 4.69) is 10.00 Å². The number of hydrogen-bond donors (Lipinski definition) is 0. The minimum Gasteiger partial charge on any atom is -0.336 e. The first-order valence-corrected chi connectivity index (χ1v) is 9.01. The van der Waals surface area contributed by atoms with Crippen LogP contribution in [0.4, 0.5) is 4.39 Å². The van der Waals surface area contributed by atoms with E-state index < -0.39 is 0 Å². The molecule has 3 heterocycles. The fourth-order valence-electron chi connectivity index (χ4n) is 3.77. The van der Waals surface area contributed by atoms with Crippen LogP contribution in [0.2, 0.25) is 0 Å². The third-order valence-electron chi connectivity index (χ3n) is 5.17. The van der Waals surface area contributed by atoms with Gasteiger partial charge in [-0.25, -0.2) is 4.39 Å². The molecule has 25 heavy (non-hydrogen) atoms. The molecule has 0 N–H and O–H groups in total. The van der Waals surface area contributed by atoms with E-state index in [4.69, 9.17) is 0 Å². The Labute approximate surface area is 147 Å². The third-order valence-corrected chi connectivity index (χ3v) is 5.17. The molecule has 1 amide bonds. The standard InChI is InChI=1S/C19H23FN4O/c20-16-5-3-4-15(12-16)14-22-8-10-23(11-9-22)19(25)17-13-21-24-7-2-1-6-18(17)24/h3-5,12-13H,1-2,6-11,14H2. The lowest BCUT2D eigenvalue weighted by Gasteiger charge is -2.34. The summed E-state index contributed by atoms with van der Waals surface area (Å²) in [6.45, 7) is 4.68. The Morgan fingerprint density at radius 2 is 1.96 bits per heavy atom. The first kappa shape index (κ1) is 16.3. The molecule has 0 bridgehead atoms. The van der Waals surface area contributed by atoms with Gasteiger partial charge < -0.3 is 4.90 Å². The van der Waals surface area contributed by atoms with Crippen molar-refractivity contribution < 1.29 is 9.18 Å². The second kappa shape index (κ2) is 6.96. The predicted octanol–water partition coefficient (Wildman–Crippen LogP) is 2.32. The third kappa shape index (κ3) is 3.44. The molecular formula is C19H23FN4O. The topological polar surface area (TPSA) is 41.4 Å². The predicted molar refractivity (Wildman–Crippen MR) is 92.7 cm³/mol. The van der Waals surface area contributed by atoms with Gasteiger partial charge in [-0.2, -0.15) is 5.10 Å². The van der Waals surface area contributed by atoms with Gasteiger partial charge in [-0.05, 0) is 37.0 Å². The van der Waals surface area contributed by atoms with E-state index >= 15 is 0 Å². The van der Waals surface area contributed by atoms with Gasteiger partial charge in [0.15, 0.2) is 0 Å². The summed E-state index contributed by atoms with van der Waals surface area (Å²) in [6.07, 6.45) is 4.96. The lowest BCUT2D eigenvalue weighted by molar-refractivity contribution is 0.0627. The number of carbonyl (C=O) groups is 1. The Bertz CT molecular complexity index is 765. The van der Waals surface area contributed by atoms with Gasteiger partial charge in [0, 0.05) is 39.3 Å². The zero-order valence-electron chi connectivity index (χ0n) is 14.3. The van der Waals surface area contributed by atoms with Gasteiger partial charge in [0.05, 0.1) is 17.5 Å². The van der Waals surface area contributed by atoms with Crippen LogP contribution in [0.15, 0.2) is 30.5 Å². The molecule has 0 saturated carbocycles. The smallest absolute Gasteiger partial charge is 0.257 e. The molecule has 132 valence electrons. The van der Waals surface area contributed by atoms with E-state index in [1.807, 2.05) is 15.6 Å². The van der Waals surface area contributed by atoms with Crippen molar-refractivity contribution in [3.05, 3.63) is 53.1 Å². The Morgan fingerprint density at radius 1 is 1.12 bits per heavy atom. The second-order valence-electron chi connectivity index (χ2n) is 6.88. The normalized spacial score (nSPS) is 18.2. The minimum absolute atomic E-state index is 0.105. The van der Waals surface area contributed by atoms with E-state index in [0.717, 1.165) is 62.3 Å². The first-order valence-electron chi connectivity index (χ1n) is 9.01. The molecule has 0 atom stereocenters. The summed E-state index contributed by atoms with van der Waals surface area (Å²) < 4.78 is 15.3. The fourth-order valence-corrected chi connectivity index (χ4v) is 3.77. The number of piperazine rings is 1. The van der Waals surface area contributed by atoms with Crippen LogP contribution in [0.1, 0.15) is 34.5 Å². The highest BCUT2D eigenvalue weighted by atomic mass is 19.1. The molecule has 0 spiro atoms. The highest BCUT2D eigenvalue weighted by Crippen LogP contribution is 2.20. The maximum atomic E-state index is 13.3. The molecule has 0 aliphatic carbocycles. The zero-order chi connectivity index (χ0) is 17.2. The van der Waals surface area contributed by atoms with Gasteiger partial charge >= 0.3 is 0 Å². The number of hydrogen-bond acceptors (Lipinski definition) is 3. The largest absolute Gasteiger partial charge is 0.336 e. The molecule has 0 radical (unpaired) electrons. The van der Waals surface area contributed by atoms with Crippen molar-refractivity contribution in [2.45, 2.75) is 32.4 Å². The van der Waals surface area contributed by atoms with Crippen molar-refractivity contribution in [1.82, 2.24) is 19.6 Å². The highest BCUT2D eigenvalue weighted by molar-refractivity contribution is 5.95. The van der Waals surface area contributed by atoms with Crippen molar-refractivity contribution in [2.75, 3.05) is 26.2 Å². The Balaban J connectivity index is 1.37. The summed E-state index contributed by atoms with van der Waals surface area (Å²) in [5.74, 6) is -0.0918. The molecule has 1 aromatic carbocycles. The lowest BCUT2D eigenvalue weighted by atomic mass is 10.1. The zero-order valence-corrected chi connectivity index (χ0v) is 14.3. The molecule has 5 nitrogen and oxygen atoms in total. The highest BCUT2D eigenvalue weighted by Gasteiger charge is 2.26. The summed E-state index contributed by atoms with van der Waals surface area (Å²) >= 11 is 0. The van der Waals surface area contributed by atoms with E-state index in [0.29, 0.717) is 13.1 Å². The van der Waals surface area contributed by atoms with Crippen LogP contribution in [0, 0.1) is 5.82 Å². The van der Waals surface area contributed by atoms with E-state index in [9.17, 15) is 9.18 Å². The summed E-state index contributed by atoms with van der Waals surface area (Å²) in [5, 5.41) is 4.37. The number of carbonyl (C=O) groups excluding carboxylic acids is 1. The maximum Gasteiger partial charge on any atom is 0.257 e. The van der Waals surface area contributed by atoms with Crippen LogP contribution in [-0.4, -0.2) is 51.7 Å². The van der Waals surface area contributed by atoms with Gasteiger partial charge in [0.1, 0.15) is 5.82 Å². The van der Waals surface area contributed by atoms with Gasteiger partial charge in [0.25, 0.3) is 5.91 Å². The van der Waals surface area contributed by atoms with E-state index in [1.165, 1.54) is 6.07 Å². The SMILES string of the molecule is O=C(c1cnn2c1CCCC2)N1CCN(Cc2cccc(F)c2)CC1. The molecule has 0 unspecified atom stereocenters. The van der Waals surface area contributed by atoms with Crippen LogP contribution in [0.5, 0.6) is 0 Å². The van der Waals surface area contributed by atoms with Crippen LogP contribution in [0.25, 0.3) is 0 Å². The summed E-state index contributed by atoms with van der Waals surface area (Å²) in [6, 6.07) is 6.73. The number of rotatable bonds is 3. The van der Waals surface area contributed by atoms with Crippen molar-refractivity contribution in [3.8, 4) is 0 Å². The van der Waals surface area contributed by atoms with Crippen LogP contribution < -0.4 is 0 Å². The molecule has 2 aromatic rings. The molecule has 2 aliphatic heterocycles. The fraction of sp³-hybridized carbons (Fsp3) is 0.474. The van der Waals surface area contributed by atoms with Gasteiger partial charge in [0.2, 0.25) is 0 Å². The molecule has 1 aromatic heterocycles. The van der Waals surface area contributed by atoms with Gasteiger partial charge in [-0.15, -0.1) is 0 Å². The van der Waals surface area contributed by atoms with E-state index in [1.54, 1.807) is 18.3 Å². The molecule has 1 saturated heterocycles. The average molecular weight is 342 g/mol. The summed E-state index contributed by atoms with van der Waals surface area (Å²) in [4.78, 5) is 17.0. The van der Waals surface area contributed by atoms with Crippen LogP contribution >= 0.6 is 0 Å². The van der Waals surface area contributed by atoms with Crippen LogP contribution in [-0.2, 0) is 19.5 Å². The molecule has 1 fully saturated rings. The number of aromatic nitrogens is 2. The van der Waals surface area contributed by atoms with Crippen molar-refractivity contribution in [1.29, 1.82) is 0 Å². The second-order valence-corrected chi connectivity index (χ2v) is 6.88. The van der Waals surface area contributed by atoms with Crippen molar-refractivity contribution in [2.24, 2.45) is 0 Å². The molecule has 4 rings (SSSR count). The molecule has 6 heteroatoms. The number of benzene rings is 1. The van der Waals surface area contributed by atoms with Gasteiger partial charge in [-0.3, -0.25) is 14.4 Å². The minimum atomic E-state index is -0.197. The first-order chi connectivity index (χ1) is 12.2. The lowest BCUT2D eigenvalue weighted by Crippen LogP contribution is -2.48. The molecular weight excluding hydrogens is 319 g/mol. The summed E-state index contributed by atoms with van der Waals surface area (Å²) in [7, 11) is 0. The van der Waals surface area contributed by atoms with Crippen molar-refractivity contribution >= 4 is 5.91 Å². The van der Waals surface area contributed by atoms with Crippen molar-refractivity contribution in [3.63, 3.8) is 0 Å². The number of fused-ring (bicyclic) bond motifs is 1.